The van der Waals surface area contributed by atoms with Gasteiger partial charge < -0.3 is 26.6 Å². The van der Waals surface area contributed by atoms with E-state index in [1.54, 1.807) is 0 Å². The Morgan fingerprint density at radius 2 is 1.68 bits per heavy atom. The van der Waals surface area contributed by atoms with E-state index in [0.29, 0.717) is 0 Å². The molecule has 3 atom stereocenters. The monoisotopic (exact) mass is 316 g/mol. The van der Waals surface area contributed by atoms with E-state index in [-0.39, 0.29) is 12.8 Å². The summed E-state index contributed by atoms with van der Waals surface area (Å²) in [5.74, 6) is -3.96. The zero-order valence-electron chi connectivity index (χ0n) is 11.9. The number of hydrogen-bond donors (Lipinski definition) is 5. The molecule has 6 N–H and O–H groups in total. The van der Waals surface area contributed by atoms with Crippen molar-refractivity contribution in [2.24, 2.45) is 5.73 Å². The number of nitrogens with one attached hydrogen (secondary N) is 2. The lowest BCUT2D eigenvalue weighted by Crippen LogP contribution is -2.52. The Morgan fingerprint density at radius 3 is 2.14 bits per heavy atom. The van der Waals surface area contributed by atoms with E-state index in [2.05, 4.69) is 10.6 Å². The highest BCUT2D eigenvalue weighted by Crippen LogP contribution is 1.97. The molecular formula is C12H18N3O7. The van der Waals surface area contributed by atoms with Crippen LogP contribution in [0, 0.1) is 0 Å². The Balaban J connectivity index is 4.40. The Hall–Kier alpha value is -2.49. The maximum absolute atomic E-state index is 11.7. The average molecular weight is 316 g/mol. The van der Waals surface area contributed by atoms with Crippen molar-refractivity contribution in [3.05, 3.63) is 0 Å². The predicted octanol–water partition coefficient (Wildman–Crippen LogP) is -2.25. The van der Waals surface area contributed by atoms with Crippen LogP contribution in [0.3, 0.4) is 0 Å². The fourth-order valence-corrected chi connectivity index (χ4v) is 1.39. The Morgan fingerprint density at radius 1 is 1.09 bits per heavy atom. The average Bonchev–Trinajstić information content (AvgIpc) is 2.41. The highest BCUT2D eigenvalue weighted by molar-refractivity contribution is 5.92. The summed E-state index contributed by atoms with van der Waals surface area (Å²) in [6.45, 7) is 1.31. The van der Waals surface area contributed by atoms with Crippen molar-refractivity contribution in [3.8, 4) is 0 Å². The summed E-state index contributed by atoms with van der Waals surface area (Å²) in [5.41, 5.74) is 5.32. The summed E-state index contributed by atoms with van der Waals surface area (Å²) < 4.78 is 0. The van der Waals surface area contributed by atoms with Crippen LogP contribution in [0.15, 0.2) is 0 Å². The van der Waals surface area contributed by atoms with Crippen LogP contribution in [-0.4, -0.2) is 58.4 Å². The van der Waals surface area contributed by atoms with E-state index in [9.17, 15) is 24.0 Å². The van der Waals surface area contributed by atoms with Gasteiger partial charge in [-0.3, -0.25) is 24.0 Å². The molecule has 123 valence electrons. The van der Waals surface area contributed by atoms with Crippen molar-refractivity contribution in [2.45, 2.75) is 44.3 Å². The summed E-state index contributed by atoms with van der Waals surface area (Å²) in [4.78, 5) is 54.7. The van der Waals surface area contributed by atoms with Gasteiger partial charge in [-0.25, -0.2) is 0 Å². The molecule has 0 aliphatic carbocycles. The minimum Gasteiger partial charge on any atom is -0.481 e. The summed E-state index contributed by atoms with van der Waals surface area (Å²) in [5, 5.41) is 21.4. The number of carbonyl (C=O) groups excluding carboxylic acids is 3. The first kappa shape index (κ1) is 19.5. The predicted molar refractivity (Wildman–Crippen MR) is 72.3 cm³/mol. The number of nitrogens with two attached hydrogens (primary N) is 1. The molecule has 1 radical (unpaired) electrons. The van der Waals surface area contributed by atoms with E-state index >= 15 is 0 Å². The molecule has 0 aliphatic rings. The fraction of sp³-hybridized carbons (Fsp3) is 0.583. The molecule has 10 heteroatoms. The SMILES string of the molecule is C[C@H](NC(=O)[C@@H](N)CC(=O)O)C(=O)N[C@H]([C]=O)CCC(=O)O. The summed E-state index contributed by atoms with van der Waals surface area (Å²) in [6.07, 6.45) is 0.427. The third-order valence-corrected chi connectivity index (χ3v) is 2.59. The zero-order chi connectivity index (χ0) is 17.3. The number of aliphatic carboxylic acids is 2. The van der Waals surface area contributed by atoms with Gasteiger partial charge in [0.25, 0.3) is 0 Å². The molecule has 2 amide bonds. The second kappa shape index (κ2) is 9.45. The molecule has 0 heterocycles. The molecule has 0 rings (SSSR count). The van der Waals surface area contributed by atoms with Gasteiger partial charge in [-0.15, -0.1) is 0 Å². The molecule has 0 aromatic heterocycles. The minimum absolute atomic E-state index is 0.135. The smallest absolute Gasteiger partial charge is 0.305 e. The Labute approximate surface area is 126 Å². The van der Waals surface area contributed by atoms with Crippen LogP contribution < -0.4 is 16.4 Å². The summed E-state index contributed by atoms with van der Waals surface area (Å²) in [7, 11) is 0. The maximum atomic E-state index is 11.7. The van der Waals surface area contributed by atoms with Crippen LogP contribution in [0.5, 0.6) is 0 Å². The largest absolute Gasteiger partial charge is 0.481 e. The topological polar surface area (TPSA) is 176 Å². The highest BCUT2D eigenvalue weighted by Gasteiger charge is 2.23. The van der Waals surface area contributed by atoms with Crippen LogP contribution >= 0.6 is 0 Å². The number of carboxylic acid groups (broad SMARTS) is 2. The van der Waals surface area contributed by atoms with Crippen molar-refractivity contribution >= 4 is 30.0 Å². The molecule has 0 aliphatic heterocycles. The third-order valence-electron chi connectivity index (χ3n) is 2.59. The van der Waals surface area contributed by atoms with E-state index < -0.39 is 48.3 Å². The number of rotatable bonds is 10. The molecule has 0 aromatic carbocycles. The summed E-state index contributed by atoms with van der Waals surface area (Å²) >= 11 is 0. The number of amides is 2. The lowest BCUT2D eigenvalue weighted by atomic mass is 10.1. The lowest BCUT2D eigenvalue weighted by molar-refractivity contribution is -0.140. The lowest BCUT2D eigenvalue weighted by Gasteiger charge is -2.18. The molecule has 0 unspecified atom stereocenters. The van der Waals surface area contributed by atoms with Gasteiger partial charge in [0.1, 0.15) is 6.04 Å². The third kappa shape index (κ3) is 7.94. The first-order valence-corrected chi connectivity index (χ1v) is 6.35. The Kier molecular flexibility index (Phi) is 8.38. The second-order valence-electron chi connectivity index (χ2n) is 4.55. The normalized spacial score (nSPS) is 14.3. The number of carboxylic acids is 2. The fourth-order valence-electron chi connectivity index (χ4n) is 1.39. The Bertz CT molecular complexity index is 452. The molecule has 10 nitrogen and oxygen atoms in total. The number of carbonyl (C=O) groups is 4. The first-order chi connectivity index (χ1) is 10.2. The molecular weight excluding hydrogens is 298 g/mol. The maximum Gasteiger partial charge on any atom is 0.305 e. The van der Waals surface area contributed by atoms with E-state index in [0.717, 1.165) is 0 Å². The van der Waals surface area contributed by atoms with Crippen molar-refractivity contribution < 1.29 is 34.2 Å². The van der Waals surface area contributed by atoms with Gasteiger partial charge in [-0.05, 0) is 13.3 Å². The van der Waals surface area contributed by atoms with Crippen molar-refractivity contribution in [1.82, 2.24) is 10.6 Å². The quantitative estimate of drug-likeness (QED) is 0.300. The van der Waals surface area contributed by atoms with Gasteiger partial charge in [0.15, 0.2) is 0 Å². The molecule has 0 fully saturated rings. The van der Waals surface area contributed by atoms with Crippen LogP contribution in [0.25, 0.3) is 0 Å². The van der Waals surface area contributed by atoms with E-state index in [1.165, 1.54) is 13.2 Å². The van der Waals surface area contributed by atoms with Crippen LogP contribution in [-0.2, 0) is 24.0 Å². The van der Waals surface area contributed by atoms with Crippen LogP contribution in [0.4, 0.5) is 0 Å². The van der Waals surface area contributed by atoms with Gasteiger partial charge in [0.05, 0.1) is 18.5 Å². The van der Waals surface area contributed by atoms with Crippen LogP contribution in [0.2, 0.25) is 0 Å². The van der Waals surface area contributed by atoms with Crippen molar-refractivity contribution in [1.29, 1.82) is 0 Å². The van der Waals surface area contributed by atoms with Crippen molar-refractivity contribution in [2.75, 3.05) is 0 Å². The van der Waals surface area contributed by atoms with Gasteiger partial charge in [0, 0.05) is 6.42 Å². The minimum atomic E-state index is -1.31. The first-order valence-electron chi connectivity index (χ1n) is 6.35. The molecule has 0 aromatic rings. The number of hydrogen-bond acceptors (Lipinski definition) is 6. The molecule has 0 spiro atoms. The van der Waals surface area contributed by atoms with Gasteiger partial charge in [-0.2, -0.15) is 0 Å². The van der Waals surface area contributed by atoms with Crippen LogP contribution in [0.1, 0.15) is 26.2 Å². The van der Waals surface area contributed by atoms with Gasteiger partial charge >= 0.3 is 11.9 Å². The second-order valence-corrected chi connectivity index (χ2v) is 4.55. The van der Waals surface area contributed by atoms with Gasteiger partial charge in [0.2, 0.25) is 18.1 Å². The molecule has 0 saturated carbocycles. The standard InChI is InChI=1S/C12H18N3O7/c1-6(14-12(22)8(13)4-10(19)20)11(21)15-7(5-16)2-3-9(17)18/h6-8H,2-4,13H2,1H3,(H,14,22)(H,15,21)(H,17,18)(H,19,20)/t6-,7-,8-/m0/s1. The highest BCUT2D eigenvalue weighted by atomic mass is 16.4. The molecule has 22 heavy (non-hydrogen) atoms. The zero-order valence-corrected chi connectivity index (χ0v) is 11.9. The van der Waals surface area contributed by atoms with Gasteiger partial charge in [-0.1, -0.05) is 0 Å². The van der Waals surface area contributed by atoms with Crippen molar-refractivity contribution in [3.63, 3.8) is 0 Å². The van der Waals surface area contributed by atoms with E-state index in [4.69, 9.17) is 15.9 Å². The molecule has 0 saturated heterocycles. The molecule has 0 bridgehead atoms. The van der Waals surface area contributed by atoms with E-state index in [1.807, 2.05) is 0 Å². The summed E-state index contributed by atoms with van der Waals surface area (Å²) in [6, 6.07) is -3.50.